The van der Waals surface area contributed by atoms with Crippen LogP contribution >= 0.6 is 23.2 Å². The van der Waals surface area contributed by atoms with Crippen molar-refractivity contribution in [3.05, 3.63) is 52.0 Å². The fourth-order valence-electron chi connectivity index (χ4n) is 3.04. The van der Waals surface area contributed by atoms with Crippen LogP contribution < -0.4 is 9.46 Å². The summed E-state index contributed by atoms with van der Waals surface area (Å²) in [6, 6.07) is 9.52. The van der Waals surface area contributed by atoms with Crippen LogP contribution in [0.5, 0.6) is 5.75 Å². The minimum Gasteiger partial charge on any atom is -0.461 e. The molecular formula is C18H20Cl2N2O4S. The van der Waals surface area contributed by atoms with Crippen LogP contribution in [0.3, 0.4) is 0 Å². The fourth-order valence-corrected chi connectivity index (χ4v) is 4.78. The maximum Gasteiger partial charge on any atom is 0.265 e. The number of nitrogens with zero attached hydrogens (tertiary/aromatic N) is 1. The molecule has 3 rings (SSSR count). The number of likely N-dealkylation sites (N-methyl/N-ethyl adjacent to an activating group) is 1. The molecule has 1 N–H and O–H groups in total. The smallest absolute Gasteiger partial charge is 0.265 e. The van der Waals surface area contributed by atoms with Gasteiger partial charge in [0.2, 0.25) is 6.29 Å². The third-order valence-corrected chi connectivity index (χ3v) is 6.18. The summed E-state index contributed by atoms with van der Waals surface area (Å²) >= 11 is 11.9. The number of para-hydroxylation sites is 1. The van der Waals surface area contributed by atoms with E-state index in [9.17, 15) is 8.42 Å². The number of hydrogen-bond acceptors (Lipinski definition) is 5. The summed E-state index contributed by atoms with van der Waals surface area (Å²) in [6.07, 6.45) is 0.0252. The van der Waals surface area contributed by atoms with Crippen LogP contribution in [-0.2, 0) is 21.2 Å². The minimum absolute atomic E-state index is 0.0276. The Morgan fingerprint density at radius 3 is 2.44 bits per heavy atom. The van der Waals surface area contributed by atoms with Gasteiger partial charge in [0.1, 0.15) is 10.6 Å². The zero-order valence-electron chi connectivity index (χ0n) is 15.1. The number of methoxy groups -OCH3 is 1. The van der Waals surface area contributed by atoms with Crippen molar-refractivity contribution in [3.8, 4) is 5.75 Å². The second kappa shape index (κ2) is 7.85. The van der Waals surface area contributed by atoms with Crippen molar-refractivity contribution in [2.24, 2.45) is 0 Å². The van der Waals surface area contributed by atoms with Crippen molar-refractivity contribution < 1.29 is 17.9 Å². The van der Waals surface area contributed by atoms with Crippen molar-refractivity contribution >= 4 is 38.9 Å². The molecule has 0 saturated carbocycles. The summed E-state index contributed by atoms with van der Waals surface area (Å²) in [5, 5.41) is 0.666. The van der Waals surface area contributed by atoms with Crippen LogP contribution in [0, 0.1) is 0 Å². The van der Waals surface area contributed by atoms with Crippen LogP contribution in [0.15, 0.2) is 41.3 Å². The lowest BCUT2D eigenvalue weighted by Gasteiger charge is -2.36. The largest absolute Gasteiger partial charge is 0.461 e. The molecule has 1 heterocycles. The van der Waals surface area contributed by atoms with Crippen LogP contribution in [-0.4, -0.2) is 46.9 Å². The van der Waals surface area contributed by atoms with Crippen LogP contribution in [0.2, 0.25) is 10.0 Å². The van der Waals surface area contributed by atoms with Gasteiger partial charge in [0.05, 0.1) is 11.7 Å². The molecule has 9 heteroatoms. The van der Waals surface area contributed by atoms with E-state index in [1.807, 2.05) is 25.1 Å². The molecule has 1 aliphatic rings. The lowest BCUT2D eigenvalue weighted by Crippen LogP contribution is -2.47. The van der Waals surface area contributed by atoms with E-state index in [-0.39, 0.29) is 16.6 Å². The van der Waals surface area contributed by atoms with E-state index in [4.69, 9.17) is 32.7 Å². The number of rotatable bonds is 5. The molecule has 0 fully saturated rings. The number of anilines is 1. The zero-order chi connectivity index (χ0) is 19.8. The molecule has 6 nitrogen and oxygen atoms in total. The maximum absolute atomic E-state index is 13.0. The Morgan fingerprint density at radius 2 is 1.85 bits per heavy atom. The average molecular weight is 431 g/mol. The molecule has 0 aromatic heterocycles. The summed E-state index contributed by atoms with van der Waals surface area (Å²) in [4.78, 5) is 2.03. The van der Waals surface area contributed by atoms with Crippen LogP contribution in [0.1, 0.15) is 5.56 Å². The quantitative estimate of drug-likeness (QED) is 0.783. The Morgan fingerprint density at radius 1 is 1.19 bits per heavy atom. The summed E-state index contributed by atoms with van der Waals surface area (Å²) in [7, 11) is 1.47. The lowest BCUT2D eigenvalue weighted by atomic mass is 10.0. The second-order valence-electron chi connectivity index (χ2n) is 6.47. The summed E-state index contributed by atoms with van der Waals surface area (Å²) < 4.78 is 39.8. The zero-order valence-corrected chi connectivity index (χ0v) is 17.4. The molecule has 0 amide bonds. The van der Waals surface area contributed by atoms with Gasteiger partial charge in [-0.2, -0.15) is 0 Å². The Labute approximate surface area is 169 Å². The number of benzene rings is 2. The molecule has 0 aliphatic carbocycles. The van der Waals surface area contributed by atoms with E-state index in [0.29, 0.717) is 22.2 Å². The molecule has 1 aliphatic heterocycles. The molecule has 0 radical (unpaired) electrons. The van der Waals surface area contributed by atoms with E-state index in [1.54, 1.807) is 6.07 Å². The molecule has 0 saturated heterocycles. The van der Waals surface area contributed by atoms with Gasteiger partial charge in [-0.15, -0.1) is 0 Å². The van der Waals surface area contributed by atoms with Crippen molar-refractivity contribution in [2.75, 3.05) is 25.9 Å². The van der Waals surface area contributed by atoms with Gasteiger partial charge in [-0.05, 0) is 50.3 Å². The highest BCUT2D eigenvalue weighted by Gasteiger charge is 2.35. The number of sulfonamides is 1. The van der Waals surface area contributed by atoms with Gasteiger partial charge in [0.25, 0.3) is 10.0 Å². The standard InChI is InChI=1S/C18H20Cl2N2O4S/c1-22(2)15-7-11-5-4-6-16(17(11)26-18(15)25-3)27(23,24)21-14-9-12(19)8-13(20)10-14/h4-6,8-10,15,18,21H,7H2,1-3H3. The van der Waals surface area contributed by atoms with E-state index in [1.165, 1.54) is 31.4 Å². The fraction of sp³-hybridized carbons (Fsp3) is 0.333. The van der Waals surface area contributed by atoms with Crippen LogP contribution in [0.4, 0.5) is 5.69 Å². The van der Waals surface area contributed by atoms with Crippen molar-refractivity contribution in [2.45, 2.75) is 23.6 Å². The van der Waals surface area contributed by atoms with Crippen molar-refractivity contribution in [1.82, 2.24) is 4.90 Å². The molecule has 27 heavy (non-hydrogen) atoms. The SMILES string of the molecule is COC1Oc2c(cccc2S(=O)(=O)Nc2cc(Cl)cc(Cl)c2)CC1N(C)C. The number of halogens is 2. The Hall–Kier alpha value is -1.51. The number of hydrogen-bond donors (Lipinski definition) is 1. The first-order valence-corrected chi connectivity index (χ1v) is 10.4. The van der Waals surface area contributed by atoms with Gasteiger partial charge in [0, 0.05) is 17.2 Å². The topological polar surface area (TPSA) is 67.9 Å². The minimum atomic E-state index is -3.92. The van der Waals surface area contributed by atoms with Crippen molar-refractivity contribution in [1.29, 1.82) is 0 Å². The first-order chi connectivity index (χ1) is 12.7. The van der Waals surface area contributed by atoms with E-state index in [2.05, 4.69) is 4.72 Å². The molecule has 0 bridgehead atoms. The predicted octanol–water partition coefficient (Wildman–Crippen LogP) is 3.63. The first kappa shape index (κ1) is 20.2. The second-order valence-corrected chi connectivity index (χ2v) is 8.99. The Kier molecular flexibility index (Phi) is 5.88. The summed E-state index contributed by atoms with van der Waals surface area (Å²) in [5.41, 5.74) is 1.07. The number of nitrogens with one attached hydrogen (secondary N) is 1. The van der Waals surface area contributed by atoms with Gasteiger partial charge < -0.3 is 14.4 Å². The highest BCUT2D eigenvalue weighted by molar-refractivity contribution is 7.92. The van der Waals surface area contributed by atoms with Crippen LogP contribution in [0.25, 0.3) is 0 Å². The van der Waals surface area contributed by atoms with E-state index >= 15 is 0 Å². The van der Waals surface area contributed by atoms with Gasteiger partial charge in [0.15, 0.2) is 0 Å². The van der Waals surface area contributed by atoms with Gasteiger partial charge in [-0.25, -0.2) is 8.42 Å². The monoisotopic (exact) mass is 430 g/mol. The first-order valence-electron chi connectivity index (χ1n) is 8.18. The van der Waals surface area contributed by atoms with E-state index in [0.717, 1.165) is 5.56 Å². The normalized spacial score (nSPS) is 19.5. The van der Waals surface area contributed by atoms with Gasteiger partial charge in [-0.1, -0.05) is 35.3 Å². The molecular weight excluding hydrogens is 411 g/mol. The average Bonchev–Trinajstić information content (AvgIpc) is 2.58. The van der Waals surface area contributed by atoms with Crippen molar-refractivity contribution in [3.63, 3.8) is 0 Å². The molecule has 2 atom stereocenters. The van der Waals surface area contributed by atoms with Gasteiger partial charge >= 0.3 is 0 Å². The summed E-state index contributed by atoms with van der Waals surface area (Å²) in [6.45, 7) is 0. The molecule has 2 aromatic carbocycles. The third-order valence-electron chi connectivity index (χ3n) is 4.34. The maximum atomic E-state index is 13.0. The van der Waals surface area contributed by atoms with E-state index < -0.39 is 16.3 Å². The molecule has 2 aromatic rings. The molecule has 0 spiro atoms. The highest BCUT2D eigenvalue weighted by atomic mass is 35.5. The molecule has 146 valence electrons. The number of ether oxygens (including phenoxy) is 2. The number of fused-ring (bicyclic) bond motifs is 1. The molecule has 2 unspecified atom stereocenters. The third kappa shape index (κ3) is 4.33. The Bertz CT molecular complexity index is 930. The van der Waals surface area contributed by atoms with Gasteiger partial charge in [-0.3, -0.25) is 4.72 Å². The predicted molar refractivity (Wildman–Crippen MR) is 106 cm³/mol. The lowest BCUT2D eigenvalue weighted by molar-refractivity contribution is -0.109. The summed E-state index contributed by atoms with van der Waals surface area (Å²) in [5.74, 6) is 0.295. The Balaban J connectivity index is 1.99. The highest BCUT2D eigenvalue weighted by Crippen LogP contribution is 2.36.